The van der Waals surface area contributed by atoms with Gasteiger partial charge in [-0.2, -0.15) is 0 Å². The molecular weight excluding hydrogens is 378 g/mol. The van der Waals surface area contributed by atoms with E-state index in [-0.39, 0.29) is 11.8 Å². The first-order valence-corrected chi connectivity index (χ1v) is 9.94. The number of carbonyl (C=O) groups is 2. The average Bonchev–Trinajstić information content (AvgIpc) is 2.79. The van der Waals surface area contributed by atoms with E-state index in [1.54, 1.807) is 29.2 Å². The molecule has 2 N–H and O–H groups in total. The van der Waals surface area contributed by atoms with Crippen molar-refractivity contribution in [3.63, 3.8) is 0 Å². The topological polar surface area (TPSA) is 70.7 Å². The second-order valence-electron chi connectivity index (χ2n) is 7.00. The van der Waals surface area contributed by atoms with E-state index in [1.807, 2.05) is 48.5 Å². The minimum absolute atomic E-state index is 0.162. The third kappa shape index (κ3) is 4.96. The van der Waals surface area contributed by atoms with Gasteiger partial charge in [0.1, 0.15) is 17.8 Å². The molecule has 2 aromatic rings. The van der Waals surface area contributed by atoms with E-state index in [9.17, 15) is 9.59 Å². The molecule has 1 heterocycles. The Morgan fingerprint density at radius 3 is 2.37 bits per heavy atom. The lowest BCUT2D eigenvalue weighted by molar-refractivity contribution is -0.166. The molecule has 6 nitrogen and oxygen atoms in total. The Balaban J connectivity index is 1.78. The van der Waals surface area contributed by atoms with Crippen molar-refractivity contribution in [1.29, 1.82) is 0 Å². The van der Waals surface area contributed by atoms with E-state index in [1.165, 1.54) is 0 Å². The van der Waals surface area contributed by atoms with Gasteiger partial charge >= 0.3 is 0 Å². The molecule has 1 fully saturated rings. The first-order chi connectivity index (χ1) is 14.7. The Morgan fingerprint density at radius 1 is 1.07 bits per heavy atom. The van der Waals surface area contributed by atoms with Crippen molar-refractivity contribution in [2.75, 3.05) is 13.1 Å². The summed E-state index contributed by atoms with van der Waals surface area (Å²) in [5, 5.41) is 6.16. The molecule has 0 radical (unpaired) electrons. The van der Waals surface area contributed by atoms with Crippen LogP contribution in [0.5, 0.6) is 5.75 Å². The first-order valence-electron chi connectivity index (χ1n) is 9.94. The summed E-state index contributed by atoms with van der Waals surface area (Å²) in [6.07, 6.45) is 2.58. The second-order valence-corrected chi connectivity index (χ2v) is 7.00. The van der Waals surface area contributed by atoms with Gasteiger partial charge in [0.05, 0.1) is 0 Å². The first kappa shape index (κ1) is 21.3. The minimum atomic E-state index is -0.753. The number of nitrogens with zero attached hydrogens (tertiary/aromatic N) is 1. The van der Waals surface area contributed by atoms with Gasteiger partial charge in [0.25, 0.3) is 5.91 Å². The van der Waals surface area contributed by atoms with Gasteiger partial charge in [-0.25, -0.2) is 0 Å². The van der Waals surface area contributed by atoms with Crippen LogP contribution in [0.2, 0.25) is 0 Å². The molecule has 2 amide bonds. The molecule has 6 heteroatoms. The van der Waals surface area contributed by atoms with Crippen molar-refractivity contribution in [3.05, 3.63) is 91.5 Å². The Labute approximate surface area is 177 Å². The van der Waals surface area contributed by atoms with E-state index in [4.69, 9.17) is 4.74 Å². The number of rotatable bonds is 11. The maximum Gasteiger partial charge on any atom is 0.266 e. The number of para-hydroxylation sites is 1. The molecule has 3 rings (SSSR count). The Bertz CT molecular complexity index is 870. The number of carbonyl (C=O) groups excluding carboxylic acids is 2. The molecule has 2 aromatic carbocycles. The summed E-state index contributed by atoms with van der Waals surface area (Å²) < 4.78 is 5.95. The normalized spacial score (nSPS) is 18.8. The molecule has 1 aliphatic rings. The lowest BCUT2D eigenvalue weighted by atomic mass is 9.89. The number of hydrogen-bond donors (Lipinski definition) is 2. The third-order valence-electron chi connectivity index (χ3n) is 4.94. The summed E-state index contributed by atoms with van der Waals surface area (Å²) in [5.74, 6) is 0.227. The van der Waals surface area contributed by atoms with Gasteiger partial charge in [-0.3, -0.25) is 9.59 Å². The highest BCUT2D eigenvalue weighted by Gasteiger charge is 2.54. The van der Waals surface area contributed by atoms with Crippen LogP contribution >= 0.6 is 0 Å². The largest absolute Gasteiger partial charge is 0.478 e. The summed E-state index contributed by atoms with van der Waals surface area (Å²) in [6.45, 7) is 8.62. The minimum Gasteiger partial charge on any atom is -0.478 e. The van der Waals surface area contributed by atoms with Gasteiger partial charge in [-0.05, 0) is 17.7 Å². The van der Waals surface area contributed by atoms with Crippen LogP contribution in [0.4, 0.5) is 0 Å². The molecule has 3 unspecified atom stereocenters. The summed E-state index contributed by atoms with van der Waals surface area (Å²) in [4.78, 5) is 27.4. The number of β-lactam (4-membered cyclic amide) rings is 1. The summed E-state index contributed by atoms with van der Waals surface area (Å²) >= 11 is 0. The summed E-state index contributed by atoms with van der Waals surface area (Å²) in [5.41, 5.74) is 0.998. The highest BCUT2D eigenvalue weighted by atomic mass is 16.5. The van der Waals surface area contributed by atoms with Crippen LogP contribution in [0.3, 0.4) is 0 Å². The van der Waals surface area contributed by atoms with E-state index < -0.39 is 18.2 Å². The van der Waals surface area contributed by atoms with Crippen molar-refractivity contribution in [2.45, 2.75) is 24.7 Å². The standard InChI is InChI=1S/C24H27N3O3/c1-3-15-25-20(23(28)26-17-18-11-7-5-8-12-18)21-22(24(29)27(21)16-4-2)30-19-13-9-6-10-14-19/h3-14,20-22,25H,1-2,15-17H2,(H,26,28). The highest BCUT2D eigenvalue weighted by molar-refractivity contribution is 5.93. The highest BCUT2D eigenvalue weighted by Crippen LogP contribution is 2.28. The monoisotopic (exact) mass is 405 g/mol. The zero-order valence-electron chi connectivity index (χ0n) is 16.9. The predicted molar refractivity (Wildman–Crippen MR) is 117 cm³/mol. The van der Waals surface area contributed by atoms with E-state index in [0.717, 1.165) is 5.56 Å². The number of nitrogens with one attached hydrogen (secondary N) is 2. The Kier molecular flexibility index (Phi) is 7.40. The van der Waals surface area contributed by atoms with Crippen molar-refractivity contribution in [1.82, 2.24) is 15.5 Å². The van der Waals surface area contributed by atoms with Crippen LogP contribution < -0.4 is 15.4 Å². The van der Waals surface area contributed by atoms with Crippen LogP contribution in [0, 0.1) is 0 Å². The molecule has 3 atom stereocenters. The number of ether oxygens (including phenoxy) is 1. The van der Waals surface area contributed by atoms with Crippen molar-refractivity contribution >= 4 is 11.8 Å². The molecule has 0 spiro atoms. The number of likely N-dealkylation sites (tertiary alicyclic amines) is 1. The van der Waals surface area contributed by atoms with Gasteiger partial charge in [0.15, 0.2) is 6.10 Å². The maximum absolute atomic E-state index is 13.1. The summed E-state index contributed by atoms with van der Waals surface area (Å²) in [7, 11) is 0. The van der Waals surface area contributed by atoms with Gasteiger partial charge < -0.3 is 20.3 Å². The second kappa shape index (κ2) is 10.4. The Morgan fingerprint density at radius 2 is 1.73 bits per heavy atom. The predicted octanol–water partition coefficient (Wildman–Crippen LogP) is 2.29. The third-order valence-corrected chi connectivity index (χ3v) is 4.94. The molecule has 156 valence electrons. The maximum atomic E-state index is 13.1. The zero-order chi connectivity index (χ0) is 21.3. The number of hydrogen-bond acceptors (Lipinski definition) is 4. The van der Waals surface area contributed by atoms with Crippen molar-refractivity contribution in [3.8, 4) is 5.75 Å². The molecule has 0 saturated carbocycles. The lowest BCUT2D eigenvalue weighted by Crippen LogP contribution is -2.75. The molecule has 1 aliphatic heterocycles. The molecule has 0 aliphatic carbocycles. The summed E-state index contributed by atoms with van der Waals surface area (Å²) in [6, 6.07) is 17.7. The van der Waals surface area contributed by atoms with Gasteiger partial charge in [-0.15, -0.1) is 13.2 Å². The van der Waals surface area contributed by atoms with Crippen LogP contribution in [-0.4, -0.2) is 48.0 Å². The van der Waals surface area contributed by atoms with E-state index in [2.05, 4.69) is 23.8 Å². The van der Waals surface area contributed by atoms with Crippen LogP contribution in [-0.2, 0) is 16.1 Å². The van der Waals surface area contributed by atoms with Crippen molar-refractivity contribution in [2.24, 2.45) is 0 Å². The fourth-order valence-corrected chi connectivity index (χ4v) is 3.48. The van der Waals surface area contributed by atoms with Gasteiger partial charge in [0, 0.05) is 19.6 Å². The van der Waals surface area contributed by atoms with E-state index >= 15 is 0 Å². The van der Waals surface area contributed by atoms with Crippen LogP contribution in [0.25, 0.3) is 0 Å². The number of benzene rings is 2. The van der Waals surface area contributed by atoms with Crippen LogP contribution in [0.1, 0.15) is 5.56 Å². The van der Waals surface area contributed by atoms with Crippen molar-refractivity contribution < 1.29 is 14.3 Å². The van der Waals surface area contributed by atoms with Crippen LogP contribution in [0.15, 0.2) is 86.0 Å². The molecule has 0 aromatic heterocycles. The van der Waals surface area contributed by atoms with E-state index in [0.29, 0.717) is 25.4 Å². The zero-order valence-corrected chi connectivity index (χ0v) is 16.9. The average molecular weight is 405 g/mol. The van der Waals surface area contributed by atoms with Gasteiger partial charge in [0.2, 0.25) is 5.91 Å². The fourth-order valence-electron chi connectivity index (χ4n) is 3.48. The lowest BCUT2D eigenvalue weighted by Gasteiger charge is -2.49. The smallest absolute Gasteiger partial charge is 0.266 e. The fraction of sp³-hybridized carbons (Fsp3) is 0.250. The molecule has 30 heavy (non-hydrogen) atoms. The molecular formula is C24H27N3O3. The van der Waals surface area contributed by atoms with Gasteiger partial charge in [-0.1, -0.05) is 60.7 Å². The Hall–Kier alpha value is -3.38. The molecule has 1 saturated heterocycles. The molecule has 0 bridgehead atoms. The SMILES string of the molecule is C=CCNC(C(=O)NCc1ccccc1)C1C(Oc2ccccc2)C(=O)N1CC=C. The quantitative estimate of drug-likeness (QED) is 0.445. The number of amides is 2.